The van der Waals surface area contributed by atoms with Gasteiger partial charge in [0.15, 0.2) is 0 Å². The zero-order chi connectivity index (χ0) is 10.3. The number of piperidine rings is 1. The molecule has 2 aliphatic rings. The topological polar surface area (TPSA) is 15.3 Å². The Balaban J connectivity index is 1.63. The lowest BCUT2D eigenvalue weighted by atomic mass is 10.2. The molecule has 1 saturated heterocycles. The van der Waals surface area contributed by atoms with Gasteiger partial charge in [0, 0.05) is 25.2 Å². The Morgan fingerprint density at radius 1 is 1.40 bits per heavy atom. The van der Waals surface area contributed by atoms with Gasteiger partial charge < -0.3 is 5.32 Å². The monoisotopic (exact) mass is 202 g/mol. The lowest BCUT2D eigenvalue weighted by Gasteiger charge is -2.20. The molecule has 0 bridgehead atoms. The van der Waals surface area contributed by atoms with Gasteiger partial charge in [0.25, 0.3) is 0 Å². The summed E-state index contributed by atoms with van der Waals surface area (Å²) in [5.74, 6) is 0.909. The van der Waals surface area contributed by atoms with Gasteiger partial charge in [0.1, 0.15) is 0 Å². The molecular weight excluding hydrogens is 184 g/mol. The van der Waals surface area contributed by atoms with Gasteiger partial charge in [-0.1, -0.05) is 30.3 Å². The molecule has 1 N–H and O–H groups in total. The summed E-state index contributed by atoms with van der Waals surface area (Å²) in [4.78, 5) is 2.57. The summed E-state index contributed by atoms with van der Waals surface area (Å²) in [7, 11) is 2.10. The molecule has 15 heavy (non-hydrogen) atoms. The highest BCUT2D eigenvalue weighted by atomic mass is 15.3. The first-order chi connectivity index (χ1) is 7.32. The fourth-order valence-electron chi connectivity index (χ4n) is 2.94. The van der Waals surface area contributed by atoms with E-state index < -0.39 is 0 Å². The molecule has 1 aromatic rings. The first-order valence-electron chi connectivity index (χ1n) is 5.78. The van der Waals surface area contributed by atoms with E-state index in [0.29, 0.717) is 5.54 Å². The van der Waals surface area contributed by atoms with E-state index in [1.54, 1.807) is 0 Å². The van der Waals surface area contributed by atoms with Crippen molar-refractivity contribution in [1.82, 2.24) is 10.2 Å². The maximum atomic E-state index is 3.49. The van der Waals surface area contributed by atoms with Gasteiger partial charge in [-0.3, -0.25) is 4.90 Å². The zero-order valence-corrected chi connectivity index (χ0v) is 9.24. The smallest absolute Gasteiger partial charge is 0.0351 e. The minimum Gasteiger partial charge on any atom is -0.313 e. The van der Waals surface area contributed by atoms with E-state index in [4.69, 9.17) is 0 Å². The highest BCUT2D eigenvalue weighted by Gasteiger charge is 2.58. The Kier molecular flexibility index (Phi) is 2.08. The maximum absolute atomic E-state index is 3.49. The molecule has 3 rings (SSSR count). The molecule has 1 aliphatic carbocycles. The van der Waals surface area contributed by atoms with Crippen molar-refractivity contribution in [3.63, 3.8) is 0 Å². The minimum absolute atomic E-state index is 0.481. The van der Waals surface area contributed by atoms with Crippen LogP contribution in [-0.2, 0) is 6.54 Å². The van der Waals surface area contributed by atoms with Gasteiger partial charge in [-0.2, -0.15) is 0 Å². The Morgan fingerprint density at radius 3 is 2.87 bits per heavy atom. The Morgan fingerprint density at radius 2 is 2.20 bits per heavy atom. The van der Waals surface area contributed by atoms with Crippen LogP contribution in [0.3, 0.4) is 0 Å². The number of nitrogens with zero attached hydrogens (tertiary/aromatic N) is 1. The van der Waals surface area contributed by atoms with Gasteiger partial charge in [-0.05, 0) is 24.9 Å². The van der Waals surface area contributed by atoms with Gasteiger partial charge >= 0.3 is 0 Å². The van der Waals surface area contributed by atoms with E-state index >= 15 is 0 Å². The quantitative estimate of drug-likeness (QED) is 0.798. The van der Waals surface area contributed by atoms with E-state index in [-0.39, 0.29) is 0 Å². The summed E-state index contributed by atoms with van der Waals surface area (Å²) in [5.41, 5.74) is 1.92. The van der Waals surface area contributed by atoms with E-state index in [1.165, 1.54) is 25.1 Å². The number of likely N-dealkylation sites (N-methyl/N-ethyl adjacent to an activating group) is 1. The number of nitrogens with one attached hydrogen (secondary N) is 1. The summed E-state index contributed by atoms with van der Waals surface area (Å²) in [6, 6.07) is 10.8. The van der Waals surface area contributed by atoms with Crippen molar-refractivity contribution in [2.45, 2.75) is 18.5 Å². The number of hydrogen-bond donors (Lipinski definition) is 1. The first kappa shape index (κ1) is 9.37. The standard InChI is InChI=1S/C13H18N2/c1-14-13-7-12(13)9-15(10-13)8-11-5-3-2-4-6-11/h2-6,12,14H,7-10H2,1H3. The van der Waals surface area contributed by atoms with Crippen molar-refractivity contribution in [3.8, 4) is 0 Å². The number of likely N-dealkylation sites (tertiary alicyclic amines) is 1. The molecule has 0 radical (unpaired) electrons. The maximum Gasteiger partial charge on any atom is 0.0351 e. The highest BCUT2D eigenvalue weighted by molar-refractivity contribution is 5.20. The normalized spacial score (nSPS) is 34.1. The summed E-state index contributed by atoms with van der Waals surface area (Å²) in [5, 5.41) is 3.49. The lowest BCUT2D eigenvalue weighted by Crippen LogP contribution is -2.35. The van der Waals surface area contributed by atoms with Crippen LogP contribution in [0.5, 0.6) is 0 Å². The molecule has 1 heterocycles. The van der Waals surface area contributed by atoms with Crippen LogP contribution in [0.1, 0.15) is 12.0 Å². The van der Waals surface area contributed by atoms with Crippen LogP contribution in [0.4, 0.5) is 0 Å². The summed E-state index contributed by atoms with van der Waals surface area (Å²) in [6.07, 6.45) is 1.38. The number of rotatable bonds is 3. The third-order valence-electron chi connectivity index (χ3n) is 3.96. The van der Waals surface area contributed by atoms with Crippen LogP contribution in [0.25, 0.3) is 0 Å². The van der Waals surface area contributed by atoms with Crippen LogP contribution in [0, 0.1) is 5.92 Å². The predicted octanol–water partition coefficient (Wildman–Crippen LogP) is 1.48. The van der Waals surface area contributed by atoms with Crippen molar-refractivity contribution in [2.24, 2.45) is 5.92 Å². The third kappa shape index (κ3) is 1.58. The number of benzene rings is 1. The van der Waals surface area contributed by atoms with Gasteiger partial charge in [0.05, 0.1) is 0 Å². The summed E-state index contributed by atoms with van der Waals surface area (Å²) >= 11 is 0. The third-order valence-corrected chi connectivity index (χ3v) is 3.96. The molecule has 1 aliphatic heterocycles. The van der Waals surface area contributed by atoms with Crippen molar-refractivity contribution in [2.75, 3.05) is 20.1 Å². The molecule has 0 spiro atoms. The predicted molar refractivity (Wildman–Crippen MR) is 61.6 cm³/mol. The molecule has 0 aromatic heterocycles. The van der Waals surface area contributed by atoms with Gasteiger partial charge in [-0.25, -0.2) is 0 Å². The van der Waals surface area contributed by atoms with Crippen molar-refractivity contribution < 1.29 is 0 Å². The average molecular weight is 202 g/mol. The fourth-order valence-corrected chi connectivity index (χ4v) is 2.94. The second kappa shape index (κ2) is 3.32. The second-order valence-electron chi connectivity index (χ2n) is 4.96. The average Bonchev–Trinajstić information content (AvgIpc) is 2.84. The van der Waals surface area contributed by atoms with E-state index in [9.17, 15) is 0 Å². The van der Waals surface area contributed by atoms with Gasteiger partial charge in [-0.15, -0.1) is 0 Å². The lowest BCUT2D eigenvalue weighted by molar-refractivity contribution is 0.283. The zero-order valence-electron chi connectivity index (χ0n) is 9.24. The number of hydrogen-bond acceptors (Lipinski definition) is 2. The van der Waals surface area contributed by atoms with Gasteiger partial charge in [0.2, 0.25) is 0 Å². The molecule has 0 amide bonds. The van der Waals surface area contributed by atoms with E-state index in [2.05, 4.69) is 47.6 Å². The molecule has 1 saturated carbocycles. The Labute approximate surface area is 91.3 Å². The van der Waals surface area contributed by atoms with E-state index in [1.807, 2.05) is 0 Å². The fraction of sp³-hybridized carbons (Fsp3) is 0.538. The first-order valence-corrected chi connectivity index (χ1v) is 5.78. The minimum atomic E-state index is 0.481. The molecule has 80 valence electrons. The molecular formula is C13H18N2. The molecule has 1 aromatic carbocycles. The summed E-state index contributed by atoms with van der Waals surface area (Å²) in [6.45, 7) is 3.61. The van der Waals surface area contributed by atoms with Crippen molar-refractivity contribution in [1.29, 1.82) is 0 Å². The largest absolute Gasteiger partial charge is 0.313 e. The van der Waals surface area contributed by atoms with Crippen molar-refractivity contribution >= 4 is 0 Å². The Bertz CT molecular complexity index is 345. The highest BCUT2D eigenvalue weighted by Crippen LogP contribution is 2.49. The number of fused-ring (bicyclic) bond motifs is 1. The van der Waals surface area contributed by atoms with Crippen LogP contribution < -0.4 is 5.32 Å². The van der Waals surface area contributed by atoms with Crippen LogP contribution in [-0.4, -0.2) is 30.6 Å². The Hall–Kier alpha value is -0.860. The van der Waals surface area contributed by atoms with Crippen LogP contribution in [0.2, 0.25) is 0 Å². The van der Waals surface area contributed by atoms with Crippen molar-refractivity contribution in [3.05, 3.63) is 35.9 Å². The summed E-state index contributed by atoms with van der Waals surface area (Å²) < 4.78 is 0. The van der Waals surface area contributed by atoms with Crippen LogP contribution >= 0.6 is 0 Å². The molecule has 2 atom stereocenters. The molecule has 2 nitrogen and oxygen atoms in total. The molecule has 2 heteroatoms. The molecule has 2 fully saturated rings. The van der Waals surface area contributed by atoms with E-state index in [0.717, 1.165) is 12.5 Å². The molecule has 2 unspecified atom stereocenters. The van der Waals surface area contributed by atoms with Crippen LogP contribution in [0.15, 0.2) is 30.3 Å². The SMILES string of the molecule is CNC12CC1CN(Cc1ccccc1)C2. The second-order valence-corrected chi connectivity index (χ2v) is 4.96.